The molecular weight excluding hydrogens is 404 g/mol. The standard InChI is InChI=1S/C25H32N4O3/c1-7-17-12-19(11-16(5)21(17)9-10-22(30)31)23-27-25(32-28-23)20-13-18(8-2)24(26-14-20)29(6)15(3)4/h11-15H,7-10H2,1-6H3,(H,30,31). The first-order chi connectivity index (χ1) is 15.2. The Hall–Kier alpha value is -3.22. The predicted molar refractivity (Wildman–Crippen MR) is 126 cm³/mol. The summed E-state index contributed by atoms with van der Waals surface area (Å²) in [5, 5.41) is 13.3. The molecule has 170 valence electrons. The van der Waals surface area contributed by atoms with Crippen LogP contribution in [0.2, 0.25) is 0 Å². The van der Waals surface area contributed by atoms with Gasteiger partial charge in [0.25, 0.3) is 5.89 Å². The van der Waals surface area contributed by atoms with Crippen molar-refractivity contribution in [3.63, 3.8) is 0 Å². The zero-order valence-corrected chi connectivity index (χ0v) is 19.8. The number of anilines is 1. The average molecular weight is 437 g/mol. The molecule has 0 atom stereocenters. The number of aromatic nitrogens is 3. The van der Waals surface area contributed by atoms with Crippen LogP contribution in [0.25, 0.3) is 22.8 Å². The van der Waals surface area contributed by atoms with E-state index in [2.05, 4.69) is 53.8 Å². The quantitative estimate of drug-likeness (QED) is 0.499. The van der Waals surface area contributed by atoms with Gasteiger partial charge in [-0.05, 0) is 80.5 Å². The van der Waals surface area contributed by atoms with Crippen LogP contribution in [0, 0.1) is 6.92 Å². The number of pyridine rings is 1. The van der Waals surface area contributed by atoms with Crippen LogP contribution in [0.15, 0.2) is 28.9 Å². The Bertz CT molecular complexity index is 1100. The van der Waals surface area contributed by atoms with E-state index in [1.165, 1.54) is 0 Å². The van der Waals surface area contributed by atoms with Crippen LogP contribution in [0.4, 0.5) is 5.82 Å². The molecule has 0 aliphatic rings. The van der Waals surface area contributed by atoms with E-state index in [4.69, 9.17) is 9.63 Å². The largest absolute Gasteiger partial charge is 0.481 e. The first-order valence-corrected chi connectivity index (χ1v) is 11.1. The third-order valence-electron chi connectivity index (χ3n) is 5.90. The van der Waals surface area contributed by atoms with E-state index < -0.39 is 5.97 Å². The summed E-state index contributed by atoms with van der Waals surface area (Å²) in [4.78, 5) is 22.5. The van der Waals surface area contributed by atoms with Gasteiger partial charge in [-0.25, -0.2) is 4.98 Å². The lowest BCUT2D eigenvalue weighted by Crippen LogP contribution is -2.27. The van der Waals surface area contributed by atoms with Gasteiger partial charge >= 0.3 is 5.97 Å². The number of hydrogen-bond donors (Lipinski definition) is 1. The molecule has 0 bridgehead atoms. The summed E-state index contributed by atoms with van der Waals surface area (Å²) in [7, 11) is 2.05. The zero-order valence-electron chi connectivity index (χ0n) is 19.8. The Morgan fingerprint density at radius 2 is 1.81 bits per heavy atom. The summed E-state index contributed by atoms with van der Waals surface area (Å²) < 4.78 is 5.58. The number of carboxylic acid groups (broad SMARTS) is 1. The lowest BCUT2D eigenvalue weighted by atomic mass is 9.93. The Morgan fingerprint density at radius 3 is 2.44 bits per heavy atom. The molecule has 2 aromatic heterocycles. The normalized spacial score (nSPS) is 11.2. The highest BCUT2D eigenvalue weighted by Gasteiger charge is 2.17. The van der Waals surface area contributed by atoms with Crippen molar-refractivity contribution in [2.75, 3.05) is 11.9 Å². The van der Waals surface area contributed by atoms with Gasteiger partial charge in [0.1, 0.15) is 5.82 Å². The van der Waals surface area contributed by atoms with E-state index in [1.54, 1.807) is 6.20 Å². The number of aryl methyl sites for hydroxylation is 3. The molecule has 2 heterocycles. The smallest absolute Gasteiger partial charge is 0.303 e. The van der Waals surface area contributed by atoms with E-state index in [1.807, 2.05) is 26.1 Å². The fourth-order valence-corrected chi connectivity index (χ4v) is 3.82. The number of carboxylic acids is 1. The van der Waals surface area contributed by atoms with Gasteiger partial charge in [-0.1, -0.05) is 19.0 Å². The molecule has 7 heteroatoms. The highest BCUT2D eigenvalue weighted by molar-refractivity contribution is 5.68. The predicted octanol–water partition coefficient (Wildman–Crippen LogP) is 5.09. The van der Waals surface area contributed by atoms with Crippen molar-refractivity contribution in [1.29, 1.82) is 0 Å². The maximum atomic E-state index is 11.0. The molecule has 0 aliphatic heterocycles. The molecule has 1 N–H and O–H groups in total. The summed E-state index contributed by atoms with van der Waals surface area (Å²) in [6, 6.07) is 6.45. The molecule has 3 rings (SSSR count). The molecule has 7 nitrogen and oxygen atoms in total. The fraction of sp³-hybridized carbons (Fsp3) is 0.440. The van der Waals surface area contributed by atoms with Gasteiger partial charge in [0.05, 0.1) is 5.56 Å². The molecule has 0 radical (unpaired) electrons. The van der Waals surface area contributed by atoms with Crippen molar-refractivity contribution in [1.82, 2.24) is 15.1 Å². The molecule has 0 unspecified atom stereocenters. The van der Waals surface area contributed by atoms with Crippen molar-refractivity contribution in [2.45, 2.75) is 66.3 Å². The highest BCUT2D eigenvalue weighted by atomic mass is 16.5. The van der Waals surface area contributed by atoms with Crippen LogP contribution in [0.5, 0.6) is 0 Å². The molecule has 3 aromatic rings. The van der Waals surface area contributed by atoms with Gasteiger partial charge in [-0.2, -0.15) is 4.98 Å². The maximum Gasteiger partial charge on any atom is 0.303 e. The van der Waals surface area contributed by atoms with Crippen molar-refractivity contribution in [3.8, 4) is 22.8 Å². The van der Waals surface area contributed by atoms with Crippen LogP contribution in [0.1, 0.15) is 56.4 Å². The van der Waals surface area contributed by atoms with Gasteiger partial charge in [0.15, 0.2) is 0 Å². The van der Waals surface area contributed by atoms with Crippen molar-refractivity contribution in [3.05, 3.63) is 46.6 Å². The second-order valence-corrected chi connectivity index (χ2v) is 8.37. The van der Waals surface area contributed by atoms with Gasteiger partial charge in [0.2, 0.25) is 5.82 Å². The van der Waals surface area contributed by atoms with E-state index in [0.29, 0.717) is 24.2 Å². The number of carbonyl (C=O) groups is 1. The SMILES string of the molecule is CCc1cc(-c2nc(-c3cc(C)c(CCC(=O)O)c(CC)c3)no2)cnc1N(C)C(C)C. The topological polar surface area (TPSA) is 92.3 Å². The first-order valence-electron chi connectivity index (χ1n) is 11.1. The number of aliphatic carboxylic acids is 1. The summed E-state index contributed by atoms with van der Waals surface area (Å²) >= 11 is 0. The van der Waals surface area contributed by atoms with Crippen LogP contribution in [0.3, 0.4) is 0 Å². The van der Waals surface area contributed by atoms with Crippen LogP contribution in [-0.2, 0) is 24.1 Å². The van der Waals surface area contributed by atoms with Gasteiger partial charge in [-0.3, -0.25) is 4.79 Å². The van der Waals surface area contributed by atoms with Gasteiger partial charge in [0, 0.05) is 31.3 Å². The maximum absolute atomic E-state index is 11.0. The molecule has 0 saturated heterocycles. The second-order valence-electron chi connectivity index (χ2n) is 8.37. The van der Waals surface area contributed by atoms with E-state index in [-0.39, 0.29) is 6.42 Å². The molecule has 32 heavy (non-hydrogen) atoms. The highest BCUT2D eigenvalue weighted by Crippen LogP contribution is 2.29. The minimum atomic E-state index is -0.788. The van der Waals surface area contributed by atoms with Crippen LogP contribution >= 0.6 is 0 Å². The third kappa shape index (κ3) is 4.98. The summed E-state index contributed by atoms with van der Waals surface area (Å²) in [6.07, 6.45) is 4.08. The lowest BCUT2D eigenvalue weighted by Gasteiger charge is -2.25. The summed E-state index contributed by atoms with van der Waals surface area (Å²) in [5.41, 5.74) is 6.04. The Labute approximate surface area is 189 Å². The van der Waals surface area contributed by atoms with Gasteiger partial charge in [-0.15, -0.1) is 0 Å². The Kier molecular flexibility index (Phi) is 7.28. The van der Waals surface area contributed by atoms with Crippen molar-refractivity contribution in [2.24, 2.45) is 0 Å². The first kappa shape index (κ1) is 23.4. The molecule has 0 fully saturated rings. The second kappa shape index (κ2) is 9.94. The van der Waals surface area contributed by atoms with Crippen LogP contribution < -0.4 is 4.90 Å². The summed E-state index contributed by atoms with van der Waals surface area (Å²) in [6.45, 7) is 10.5. The molecule has 0 amide bonds. The number of rotatable bonds is 9. The van der Waals surface area contributed by atoms with Gasteiger partial charge < -0.3 is 14.5 Å². The van der Waals surface area contributed by atoms with Crippen LogP contribution in [-0.4, -0.2) is 39.3 Å². The number of nitrogens with zero attached hydrogens (tertiary/aromatic N) is 4. The number of benzene rings is 1. The monoisotopic (exact) mass is 436 g/mol. The Balaban J connectivity index is 1.93. The molecule has 0 aliphatic carbocycles. The van der Waals surface area contributed by atoms with E-state index >= 15 is 0 Å². The van der Waals surface area contributed by atoms with E-state index in [9.17, 15) is 4.79 Å². The summed E-state index contributed by atoms with van der Waals surface area (Å²) in [5.74, 6) is 1.13. The molecule has 1 aromatic carbocycles. The lowest BCUT2D eigenvalue weighted by molar-refractivity contribution is -0.136. The van der Waals surface area contributed by atoms with E-state index in [0.717, 1.165) is 52.0 Å². The average Bonchev–Trinajstić information content (AvgIpc) is 3.26. The zero-order chi connectivity index (χ0) is 23.4. The third-order valence-corrected chi connectivity index (χ3v) is 5.90. The molecule has 0 saturated carbocycles. The van der Waals surface area contributed by atoms with Crippen molar-refractivity contribution >= 4 is 11.8 Å². The molecule has 0 spiro atoms. The van der Waals surface area contributed by atoms with Crippen molar-refractivity contribution < 1.29 is 14.4 Å². The Morgan fingerprint density at radius 1 is 1.12 bits per heavy atom. The fourth-order valence-electron chi connectivity index (χ4n) is 3.82. The minimum Gasteiger partial charge on any atom is -0.481 e. The number of hydrogen-bond acceptors (Lipinski definition) is 6. The molecular formula is C25H32N4O3. The minimum absolute atomic E-state index is 0.119.